The first-order valence-electron chi connectivity index (χ1n) is 8.61. The fraction of sp³-hybridized carbons (Fsp3) is 0. The number of nitrogens with zero attached hydrogens (tertiary/aromatic N) is 1. The van der Waals surface area contributed by atoms with E-state index in [1.807, 2.05) is 0 Å². The van der Waals surface area contributed by atoms with E-state index in [1.54, 1.807) is 24.3 Å². The molecule has 2 heterocycles. The summed E-state index contributed by atoms with van der Waals surface area (Å²) in [5.41, 5.74) is 0.938. The van der Waals surface area contributed by atoms with Crippen LogP contribution in [0.5, 0.6) is 0 Å². The Labute approximate surface area is 162 Å². The quantitative estimate of drug-likeness (QED) is 0.491. The zero-order chi connectivity index (χ0) is 20.4. The number of hydrogen-bond acceptors (Lipinski definition) is 3. The van der Waals surface area contributed by atoms with Gasteiger partial charge in [-0.3, -0.25) is 14.7 Å². The Kier molecular flexibility index (Phi) is 4.74. The Morgan fingerprint density at radius 3 is 2.62 bits per heavy atom. The maximum atomic E-state index is 14.4. The molecule has 0 aliphatic heterocycles. The van der Waals surface area contributed by atoms with Gasteiger partial charge in [-0.2, -0.15) is 5.10 Å². The summed E-state index contributed by atoms with van der Waals surface area (Å²) in [7, 11) is 0. The molecule has 2 aromatic heterocycles. The van der Waals surface area contributed by atoms with Crippen molar-refractivity contribution in [3.8, 4) is 0 Å². The molecule has 0 atom stereocenters. The van der Waals surface area contributed by atoms with Crippen LogP contribution >= 0.6 is 0 Å². The normalized spacial score (nSPS) is 11.2. The molecule has 0 spiro atoms. The monoisotopic (exact) mass is 392 g/mol. The Morgan fingerprint density at radius 1 is 1.07 bits per heavy atom. The lowest BCUT2D eigenvalue weighted by atomic mass is 10.1. The van der Waals surface area contributed by atoms with Crippen molar-refractivity contribution < 1.29 is 13.6 Å². The molecule has 0 saturated heterocycles. The largest absolute Gasteiger partial charge is 0.328 e. The van der Waals surface area contributed by atoms with Crippen LogP contribution in [0, 0.1) is 11.6 Å². The van der Waals surface area contributed by atoms with Crippen LogP contribution in [0.3, 0.4) is 0 Å². The van der Waals surface area contributed by atoms with Crippen molar-refractivity contribution in [2.75, 3.05) is 5.32 Å². The lowest BCUT2D eigenvalue weighted by Gasteiger charge is -2.06. The molecule has 4 aromatic rings. The van der Waals surface area contributed by atoms with Gasteiger partial charge in [0.25, 0.3) is 11.5 Å². The van der Waals surface area contributed by atoms with Gasteiger partial charge < -0.3 is 10.3 Å². The Balaban J connectivity index is 1.66. The molecule has 0 aliphatic carbocycles. The van der Waals surface area contributed by atoms with Gasteiger partial charge in [-0.15, -0.1) is 0 Å². The summed E-state index contributed by atoms with van der Waals surface area (Å²) >= 11 is 0. The second kappa shape index (κ2) is 7.51. The number of amides is 1. The second-order valence-electron chi connectivity index (χ2n) is 6.24. The van der Waals surface area contributed by atoms with Gasteiger partial charge in [-0.1, -0.05) is 18.2 Å². The average molecular weight is 392 g/mol. The van der Waals surface area contributed by atoms with Gasteiger partial charge in [0.1, 0.15) is 17.2 Å². The Bertz CT molecular complexity index is 1290. The molecule has 1 amide bonds. The van der Waals surface area contributed by atoms with Gasteiger partial charge in [0.05, 0.1) is 16.9 Å². The molecule has 6 nitrogen and oxygen atoms in total. The number of halogens is 2. The summed E-state index contributed by atoms with van der Waals surface area (Å²) in [4.78, 5) is 26.5. The molecular formula is C21H14F2N4O2. The van der Waals surface area contributed by atoms with Gasteiger partial charge in [0.15, 0.2) is 0 Å². The number of hydrogen-bond donors (Lipinski definition) is 3. The molecular weight excluding hydrogens is 378 g/mol. The first-order chi connectivity index (χ1) is 14.0. The van der Waals surface area contributed by atoms with Gasteiger partial charge in [0, 0.05) is 17.6 Å². The average Bonchev–Trinajstić information content (AvgIpc) is 3.09. The molecule has 0 saturated carbocycles. The van der Waals surface area contributed by atoms with Crippen LogP contribution in [-0.4, -0.2) is 21.1 Å². The van der Waals surface area contributed by atoms with E-state index < -0.39 is 17.3 Å². The highest BCUT2D eigenvalue weighted by atomic mass is 19.1. The number of H-pyrrole nitrogens is 2. The minimum atomic E-state index is -0.725. The first kappa shape index (κ1) is 18.3. The summed E-state index contributed by atoms with van der Waals surface area (Å²) in [6.45, 7) is 0. The number of aromatic nitrogens is 3. The molecule has 0 fully saturated rings. The van der Waals surface area contributed by atoms with Crippen molar-refractivity contribution >= 4 is 34.6 Å². The molecule has 0 unspecified atom stereocenters. The maximum Gasteiger partial charge on any atom is 0.261 e. The molecule has 29 heavy (non-hydrogen) atoms. The highest BCUT2D eigenvalue weighted by Gasteiger charge is 2.15. The van der Waals surface area contributed by atoms with E-state index in [2.05, 4.69) is 20.5 Å². The third kappa shape index (κ3) is 3.81. The minimum Gasteiger partial charge on any atom is -0.328 e. The van der Waals surface area contributed by atoms with E-state index in [9.17, 15) is 18.4 Å². The minimum absolute atomic E-state index is 0.0800. The van der Waals surface area contributed by atoms with E-state index in [4.69, 9.17) is 0 Å². The van der Waals surface area contributed by atoms with Crippen molar-refractivity contribution in [1.29, 1.82) is 0 Å². The van der Waals surface area contributed by atoms with Gasteiger partial charge in [-0.05, 0) is 42.0 Å². The lowest BCUT2D eigenvalue weighted by molar-refractivity contribution is 0.102. The van der Waals surface area contributed by atoms with Crippen LogP contribution in [0.1, 0.15) is 21.6 Å². The second-order valence-corrected chi connectivity index (χ2v) is 6.24. The Hall–Kier alpha value is -4.07. The molecule has 8 heteroatoms. The number of carbonyl (C=O) groups excluding carboxylic acids is 1. The summed E-state index contributed by atoms with van der Waals surface area (Å²) in [6, 6.07) is 11.4. The number of aromatic amines is 2. The van der Waals surface area contributed by atoms with Crippen LogP contribution in [-0.2, 0) is 0 Å². The topological polar surface area (TPSA) is 90.6 Å². The standard InChI is InChI=1S/C21H14F2N4O2/c22-13-6-3-12(4-7-13)5-8-17-15-10-19(16(23)11-18(15)27-26-17)25-21(29)14-2-1-9-24-20(14)28/h1-11H,(H,24,28)(H,25,29)(H,26,27). The number of pyridine rings is 1. The van der Waals surface area contributed by atoms with Gasteiger partial charge in [-0.25, -0.2) is 8.78 Å². The summed E-state index contributed by atoms with van der Waals surface area (Å²) < 4.78 is 27.4. The number of anilines is 1. The van der Waals surface area contributed by atoms with E-state index in [0.717, 1.165) is 5.56 Å². The van der Waals surface area contributed by atoms with E-state index >= 15 is 0 Å². The smallest absolute Gasteiger partial charge is 0.261 e. The predicted molar refractivity (Wildman–Crippen MR) is 106 cm³/mol. The predicted octanol–water partition coefficient (Wildman–Crippen LogP) is 3.95. The number of fused-ring (bicyclic) bond motifs is 1. The number of rotatable bonds is 4. The van der Waals surface area contributed by atoms with Crippen molar-refractivity contribution in [2.24, 2.45) is 0 Å². The fourth-order valence-electron chi connectivity index (χ4n) is 2.82. The SMILES string of the molecule is O=C(Nc1cc2c(C=Cc3ccc(F)cc3)n[nH]c2cc1F)c1ccc[nH]c1=O. The molecule has 4 rings (SSSR count). The molecule has 2 aromatic carbocycles. The van der Waals surface area contributed by atoms with Crippen molar-refractivity contribution in [3.05, 3.63) is 93.5 Å². The van der Waals surface area contributed by atoms with Crippen molar-refractivity contribution in [3.63, 3.8) is 0 Å². The van der Waals surface area contributed by atoms with E-state index in [0.29, 0.717) is 16.6 Å². The van der Waals surface area contributed by atoms with E-state index in [-0.39, 0.29) is 17.1 Å². The number of carbonyl (C=O) groups is 1. The number of benzene rings is 2. The van der Waals surface area contributed by atoms with Crippen LogP contribution in [0.4, 0.5) is 14.5 Å². The fourth-order valence-corrected chi connectivity index (χ4v) is 2.82. The van der Waals surface area contributed by atoms with Gasteiger partial charge in [0.2, 0.25) is 0 Å². The zero-order valence-electron chi connectivity index (χ0n) is 14.9. The highest BCUT2D eigenvalue weighted by molar-refractivity contribution is 6.05. The Morgan fingerprint density at radius 2 is 1.86 bits per heavy atom. The zero-order valence-corrected chi connectivity index (χ0v) is 14.9. The maximum absolute atomic E-state index is 14.4. The van der Waals surface area contributed by atoms with Crippen molar-refractivity contribution in [2.45, 2.75) is 0 Å². The highest BCUT2D eigenvalue weighted by Crippen LogP contribution is 2.25. The molecule has 144 valence electrons. The van der Waals surface area contributed by atoms with Crippen LogP contribution in [0.2, 0.25) is 0 Å². The summed E-state index contributed by atoms with van der Waals surface area (Å²) in [5.74, 6) is -1.73. The third-order valence-corrected chi connectivity index (χ3v) is 4.29. The van der Waals surface area contributed by atoms with E-state index in [1.165, 1.54) is 42.6 Å². The van der Waals surface area contributed by atoms with Gasteiger partial charge >= 0.3 is 0 Å². The first-order valence-corrected chi connectivity index (χ1v) is 8.61. The van der Waals surface area contributed by atoms with Crippen molar-refractivity contribution in [1.82, 2.24) is 15.2 Å². The molecule has 0 bridgehead atoms. The molecule has 0 aliphatic rings. The lowest BCUT2D eigenvalue weighted by Crippen LogP contribution is -2.22. The van der Waals surface area contributed by atoms with Crippen LogP contribution in [0.25, 0.3) is 23.1 Å². The van der Waals surface area contributed by atoms with Crippen LogP contribution < -0.4 is 10.9 Å². The molecule has 3 N–H and O–H groups in total. The summed E-state index contributed by atoms with van der Waals surface area (Å²) in [5, 5.41) is 9.85. The number of nitrogens with one attached hydrogen (secondary N) is 3. The summed E-state index contributed by atoms with van der Waals surface area (Å²) in [6.07, 6.45) is 4.83. The molecule has 0 radical (unpaired) electrons. The third-order valence-electron chi connectivity index (χ3n) is 4.29. The van der Waals surface area contributed by atoms with Crippen LogP contribution in [0.15, 0.2) is 59.5 Å².